The summed E-state index contributed by atoms with van der Waals surface area (Å²) in [6, 6.07) is 10.1. The Kier molecular flexibility index (Phi) is 5.55. The molecule has 112 valence electrons. The van der Waals surface area contributed by atoms with Gasteiger partial charge in [0.05, 0.1) is 0 Å². The summed E-state index contributed by atoms with van der Waals surface area (Å²) in [5, 5.41) is 6.79. The third-order valence-electron chi connectivity index (χ3n) is 3.24. The Hall–Kier alpha value is -2.10. The molecule has 2 N–H and O–H groups in total. The standard InChI is InChI=1S/C17H24N4/c1-4-9-15-20-16(18-12-5-2)13(3)17(21-15)19-14-10-7-6-8-11-14/h6-8,10-11H,4-5,9,12H2,1-3H3,(H2,18,19,20,21). The number of aromatic nitrogens is 2. The van der Waals surface area contributed by atoms with Crippen LogP contribution in [0.3, 0.4) is 0 Å². The van der Waals surface area contributed by atoms with Crippen molar-refractivity contribution in [2.24, 2.45) is 0 Å². The quantitative estimate of drug-likeness (QED) is 0.795. The van der Waals surface area contributed by atoms with Crippen LogP contribution in [0.5, 0.6) is 0 Å². The number of anilines is 3. The van der Waals surface area contributed by atoms with E-state index >= 15 is 0 Å². The van der Waals surface area contributed by atoms with Gasteiger partial charge in [0, 0.05) is 24.2 Å². The third kappa shape index (κ3) is 4.18. The molecule has 2 aromatic rings. The average Bonchev–Trinajstić information content (AvgIpc) is 2.50. The molecule has 21 heavy (non-hydrogen) atoms. The molecule has 0 fully saturated rings. The molecule has 2 rings (SSSR count). The van der Waals surface area contributed by atoms with Crippen LogP contribution in [-0.4, -0.2) is 16.5 Å². The van der Waals surface area contributed by atoms with Gasteiger partial charge in [0.2, 0.25) is 0 Å². The fourth-order valence-corrected chi connectivity index (χ4v) is 2.09. The Morgan fingerprint density at radius 1 is 0.952 bits per heavy atom. The van der Waals surface area contributed by atoms with Crippen LogP contribution in [-0.2, 0) is 6.42 Å². The molecule has 0 atom stereocenters. The maximum Gasteiger partial charge on any atom is 0.139 e. The third-order valence-corrected chi connectivity index (χ3v) is 3.24. The van der Waals surface area contributed by atoms with E-state index in [9.17, 15) is 0 Å². The predicted molar refractivity (Wildman–Crippen MR) is 89.3 cm³/mol. The molecule has 0 aliphatic heterocycles. The highest BCUT2D eigenvalue weighted by atomic mass is 15.1. The maximum absolute atomic E-state index is 4.66. The zero-order valence-corrected chi connectivity index (χ0v) is 13.1. The normalized spacial score (nSPS) is 10.4. The van der Waals surface area contributed by atoms with Crippen molar-refractivity contribution in [3.8, 4) is 0 Å². The number of para-hydroxylation sites is 1. The van der Waals surface area contributed by atoms with Gasteiger partial charge in [-0.25, -0.2) is 9.97 Å². The van der Waals surface area contributed by atoms with Crippen LogP contribution >= 0.6 is 0 Å². The first-order valence-corrected chi connectivity index (χ1v) is 7.68. The maximum atomic E-state index is 4.66. The molecule has 0 saturated heterocycles. The molecule has 0 aliphatic carbocycles. The van der Waals surface area contributed by atoms with Gasteiger partial charge < -0.3 is 10.6 Å². The lowest BCUT2D eigenvalue weighted by molar-refractivity contribution is 0.830. The van der Waals surface area contributed by atoms with Crippen LogP contribution in [0.15, 0.2) is 30.3 Å². The van der Waals surface area contributed by atoms with Gasteiger partial charge in [0.1, 0.15) is 17.5 Å². The highest BCUT2D eigenvalue weighted by Gasteiger charge is 2.10. The van der Waals surface area contributed by atoms with E-state index in [1.54, 1.807) is 0 Å². The molecule has 0 radical (unpaired) electrons. The fourth-order valence-electron chi connectivity index (χ4n) is 2.09. The molecule has 0 unspecified atom stereocenters. The second-order valence-electron chi connectivity index (χ2n) is 5.13. The minimum atomic E-state index is 0.887. The number of nitrogens with zero attached hydrogens (tertiary/aromatic N) is 2. The first kappa shape index (κ1) is 15.3. The zero-order chi connectivity index (χ0) is 15.1. The van der Waals surface area contributed by atoms with E-state index in [4.69, 9.17) is 0 Å². The molecule has 0 saturated carbocycles. The van der Waals surface area contributed by atoms with Crippen molar-refractivity contribution in [1.82, 2.24) is 9.97 Å². The van der Waals surface area contributed by atoms with Crippen LogP contribution in [0.4, 0.5) is 17.3 Å². The van der Waals surface area contributed by atoms with Crippen molar-refractivity contribution >= 4 is 17.3 Å². The van der Waals surface area contributed by atoms with E-state index in [1.165, 1.54) is 0 Å². The van der Waals surface area contributed by atoms with E-state index in [-0.39, 0.29) is 0 Å². The van der Waals surface area contributed by atoms with Crippen molar-refractivity contribution in [3.05, 3.63) is 41.7 Å². The molecule has 0 bridgehead atoms. The fraction of sp³-hybridized carbons (Fsp3) is 0.412. The Labute approximate surface area is 127 Å². The molecule has 4 nitrogen and oxygen atoms in total. The minimum Gasteiger partial charge on any atom is -0.370 e. The lowest BCUT2D eigenvalue weighted by Crippen LogP contribution is -2.10. The second kappa shape index (κ2) is 7.62. The van der Waals surface area contributed by atoms with Crippen LogP contribution in [0.2, 0.25) is 0 Å². The summed E-state index contributed by atoms with van der Waals surface area (Å²) >= 11 is 0. The molecule has 0 amide bonds. The van der Waals surface area contributed by atoms with Gasteiger partial charge in [-0.2, -0.15) is 0 Å². The topological polar surface area (TPSA) is 49.8 Å². The highest BCUT2D eigenvalue weighted by Crippen LogP contribution is 2.24. The highest BCUT2D eigenvalue weighted by molar-refractivity contribution is 5.64. The van der Waals surface area contributed by atoms with Crippen molar-refractivity contribution in [2.45, 2.75) is 40.0 Å². The first-order valence-electron chi connectivity index (χ1n) is 7.68. The van der Waals surface area contributed by atoms with Crippen LogP contribution in [0, 0.1) is 6.92 Å². The summed E-state index contributed by atoms with van der Waals surface area (Å²) in [6.45, 7) is 7.28. The number of aryl methyl sites for hydroxylation is 1. The molecule has 4 heteroatoms. The van der Waals surface area contributed by atoms with Gasteiger partial charge in [-0.15, -0.1) is 0 Å². The summed E-state index contributed by atoms with van der Waals surface area (Å²) in [6.07, 6.45) is 3.01. The Morgan fingerprint density at radius 2 is 1.67 bits per heavy atom. The number of rotatable bonds is 7. The van der Waals surface area contributed by atoms with E-state index in [0.29, 0.717) is 0 Å². The molecule has 1 heterocycles. The lowest BCUT2D eigenvalue weighted by atomic mass is 10.2. The lowest BCUT2D eigenvalue weighted by Gasteiger charge is -2.15. The smallest absolute Gasteiger partial charge is 0.139 e. The van der Waals surface area contributed by atoms with Crippen LogP contribution in [0.25, 0.3) is 0 Å². The number of hydrogen-bond donors (Lipinski definition) is 2. The van der Waals surface area contributed by atoms with Crippen molar-refractivity contribution in [2.75, 3.05) is 17.2 Å². The monoisotopic (exact) mass is 284 g/mol. The SMILES string of the molecule is CCCNc1nc(CCC)nc(Nc2ccccc2)c1C. The minimum absolute atomic E-state index is 0.887. The second-order valence-corrected chi connectivity index (χ2v) is 5.13. The van der Waals surface area contributed by atoms with Gasteiger partial charge in [-0.3, -0.25) is 0 Å². The van der Waals surface area contributed by atoms with Crippen molar-refractivity contribution in [3.63, 3.8) is 0 Å². The molecule has 1 aromatic carbocycles. The van der Waals surface area contributed by atoms with E-state index in [0.717, 1.165) is 54.5 Å². The molecular formula is C17H24N4. The van der Waals surface area contributed by atoms with Gasteiger partial charge in [-0.1, -0.05) is 32.0 Å². The molecular weight excluding hydrogens is 260 g/mol. The van der Waals surface area contributed by atoms with Gasteiger partial charge in [0.25, 0.3) is 0 Å². The van der Waals surface area contributed by atoms with E-state index in [2.05, 4.69) is 41.4 Å². The van der Waals surface area contributed by atoms with Gasteiger partial charge >= 0.3 is 0 Å². The van der Waals surface area contributed by atoms with E-state index < -0.39 is 0 Å². The van der Waals surface area contributed by atoms with E-state index in [1.807, 2.05) is 30.3 Å². The molecule has 1 aromatic heterocycles. The molecule has 0 aliphatic rings. The van der Waals surface area contributed by atoms with Crippen molar-refractivity contribution in [1.29, 1.82) is 0 Å². The Morgan fingerprint density at radius 3 is 2.33 bits per heavy atom. The van der Waals surface area contributed by atoms with Gasteiger partial charge in [-0.05, 0) is 31.9 Å². The summed E-state index contributed by atoms with van der Waals surface area (Å²) in [5.41, 5.74) is 2.11. The number of benzene rings is 1. The number of hydrogen-bond acceptors (Lipinski definition) is 4. The molecule has 0 spiro atoms. The predicted octanol–water partition coefficient (Wildman–Crippen LogP) is 4.30. The largest absolute Gasteiger partial charge is 0.370 e. The Balaban J connectivity index is 2.31. The summed E-state index contributed by atoms with van der Waals surface area (Å²) in [5.74, 6) is 2.71. The zero-order valence-electron chi connectivity index (χ0n) is 13.1. The Bertz CT molecular complexity index is 567. The first-order chi connectivity index (χ1) is 10.2. The summed E-state index contributed by atoms with van der Waals surface area (Å²) in [7, 11) is 0. The summed E-state index contributed by atoms with van der Waals surface area (Å²) in [4.78, 5) is 9.30. The number of nitrogens with one attached hydrogen (secondary N) is 2. The van der Waals surface area contributed by atoms with Crippen molar-refractivity contribution < 1.29 is 0 Å². The summed E-state index contributed by atoms with van der Waals surface area (Å²) < 4.78 is 0. The van der Waals surface area contributed by atoms with Crippen LogP contribution < -0.4 is 10.6 Å². The van der Waals surface area contributed by atoms with Crippen LogP contribution in [0.1, 0.15) is 38.1 Å². The van der Waals surface area contributed by atoms with Gasteiger partial charge in [0.15, 0.2) is 0 Å². The average molecular weight is 284 g/mol.